The molecule has 31 heavy (non-hydrogen) atoms. The van der Waals surface area contributed by atoms with Crippen LogP contribution in [0.5, 0.6) is 0 Å². The van der Waals surface area contributed by atoms with E-state index in [9.17, 15) is 4.79 Å². The molecule has 0 aromatic heterocycles. The molecule has 3 aromatic rings. The predicted molar refractivity (Wildman–Crippen MR) is 132 cm³/mol. The number of thioether (sulfide) groups is 1. The molecule has 0 bridgehead atoms. The highest BCUT2D eigenvalue weighted by Crippen LogP contribution is 2.29. The number of hydrogen-bond donors (Lipinski definition) is 1. The van der Waals surface area contributed by atoms with Crippen LogP contribution in [0.15, 0.2) is 71.6 Å². The number of anilines is 1. The highest BCUT2D eigenvalue weighted by molar-refractivity contribution is 7.98. The van der Waals surface area contributed by atoms with Crippen LogP contribution in [0.3, 0.4) is 0 Å². The van der Waals surface area contributed by atoms with E-state index in [4.69, 9.17) is 0 Å². The Balaban J connectivity index is 1.41. The molecule has 4 heteroatoms. The van der Waals surface area contributed by atoms with Crippen molar-refractivity contribution in [2.45, 2.75) is 24.2 Å². The van der Waals surface area contributed by atoms with Crippen molar-refractivity contribution in [1.29, 1.82) is 0 Å². The molecule has 3 aromatic carbocycles. The van der Waals surface area contributed by atoms with Gasteiger partial charge in [-0.25, -0.2) is 0 Å². The van der Waals surface area contributed by atoms with Crippen molar-refractivity contribution in [1.82, 2.24) is 4.90 Å². The summed E-state index contributed by atoms with van der Waals surface area (Å²) in [7, 11) is 4.28. The molecule has 1 unspecified atom stereocenters. The number of nitrogens with zero attached hydrogens (tertiary/aromatic N) is 1. The second-order valence-corrected chi connectivity index (χ2v) is 9.49. The minimum Gasteiger partial charge on any atom is -0.322 e. The van der Waals surface area contributed by atoms with Crippen molar-refractivity contribution in [3.8, 4) is 11.1 Å². The zero-order chi connectivity index (χ0) is 21.8. The summed E-state index contributed by atoms with van der Waals surface area (Å²) < 4.78 is 0. The number of carbonyl (C=O) groups excluding carboxylic acids is 1. The van der Waals surface area contributed by atoms with Crippen LogP contribution in [-0.2, 0) is 12.8 Å². The van der Waals surface area contributed by atoms with Crippen LogP contribution in [0.4, 0.5) is 5.69 Å². The fourth-order valence-corrected chi connectivity index (χ4v) is 4.79. The Morgan fingerprint density at radius 3 is 2.29 bits per heavy atom. The maximum atomic E-state index is 12.8. The Bertz CT molecular complexity index is 1040. The molecule has 4 rings (SSSR count). The number of nitrogens with one attached hydrogen (secondary N) is 1. The molecule has 0 spiro atoms. The summed E-state index contributed by atoms with van der Waals surface area (Å²) in [6.45, 7) is 1.13. The Morgan fingerprint density at radius 2 is 1.65 bits per heavy atom. The van der Waals surface area contributed by atoms with Gasteiger partial charge in [0.25, 0.3) is 5.91 Å². The van der Waals surface area contributed by atoms with Gasteiger partial charge in [0.2, 0.25) is 0 Å². The Hall–Kier alpha value is -2.56. The SMILES string of the molecule is CSc1ccc(-c2ccc(C(=O)Nc3ccc4c(c3)CCC(CN(C)C)C4)cc2)cc1. The lowest BCUT2D eigenvalue weighted by molar-refractivity contribution is 0.102. The molecule has 1 aliphatic carbocycles. The molecular formula is C27H30N2OS. The third-order valence-corrected chi connectivity index (χ3v) is 6.73. The van der Waals surface area contributed by atoms with Crippen LogP contribution >= 0.6 is 11.8 Å². The van der Waals surface area contributed by atoms with Gasteiger partial charge in [0, 0.05) is 22.7 Å². The van der Waals surface area contributed by atoms with E-state index in [0.29, 0.717) is 5.56 Å². The van der Waals surface area contributed by atoms with Crippen LogP contribution in [0.2, 0.25) is 0 Å². The van der Waals surface area contributed by atoms with Crippen LogP contribution in [0.25, 0.3) is 11.1 Å². The van der Waals surface area contributed by atoms with E-state index in [2.05, 4.69) is 67.0 Å². The van der Waals surface area contributed by atoms with E-state index < -0.39 is 0 Å². The lowest BCUT2D eigenvalue weighted by atomic mass is 9.83. The van der Waals surface area contributed by atoms with Gasteiger partial charge in [-0.3, -0.25) is 4.79 Å². The van der Waals surface area contributed by atoms with E-state index in [0.717, 1.165) is 42.1 Å². The summed E-state index contributed by atoms with van der Waals surface area (Å²) in [4.78, 5) is 16.3. The summed E-state index contributed by atoms with van der Waals surface area (Å²) in [5.41, 5.74) is 6.63. The van der Waals surface area contributed by atoms with E-state index in [-0.39, 0.29) is 5.91 Å². The highest BCUT2D eigenvalue weighted by Gasteiger charge is 2.19. The van der Waals surface area contributed by atoms with E-state index in [1.165, 1.54) is 22.4 Å². The molecule has 0 heterocycles. The van der Waals surface area contributed by atoms with E-state index >= 15 is 0 Å². The molecule has 1 atom stereocenters. The number of aryl methyl sites for hydroxylation is 1. The first-order valence-electron chi connectivity index (χ1n) is 10.8. The van der Waals surface area contributed by atoms with E-state index in [1.807, 2.05) is 30.3 Å². The van der Waals surface area contributed by atoms with Crippen molar-refractivity contribution in [2.24, 2.45) is 5.92 Å². The topological polar surface area (TPSA) is 32.3 Å². The number of hydrogen-bond acceptors (Lipinski definition) is 3. The van der Waals surface area contributed by atoms with Crippen LogP contribution in [0, 0.1) is 5.92 Å². The standard InChI is InChI=1S/C27H30N2OS/c1-29(2)18-19-4-5-24-17-25(13-10-23(24)16-19)28-27(30)22-8-6-20(7-9-22)21-11-14-26(31-3)15-12-21/h6-15,17,19H,4-5,16,18H2,1-3H3,(H,28,30). The van der Waals surface area contributed by atoms with Crippen molar-refractivity contribution in [3.63, 3.8) is 0 Å². The smallest absolute Gasteiger partial charge is 0.255 e. The van der Waals surface area contributed by atoms with Crippen molar-refractivity contribution < 1.29 is 4.79 Å². The summed E-state index contributed by atoms with van der Waals surface area (Å²) >= 11 is 1.74. The molecule has 0 fully saturated rings. The first-order valence-corrected chi connectivity index (χ1v) is 12.1. The lowest BCUT2D eigenvalue weighted by Crippen LogP contribution is -2.26. The number of benzene rings is 3. The lowest BCUT2D eigenvalue weighted by Gasteiger charge is -2.27. The van der Waals surface area contributed by atoms with Gasteiger partial charge in [-0.15, -0.1) is 11.8 Å². The predicted octanol–water partition coefficient (Wildman–Crippen LogP) is 5.99. The molecule has 1 amide bonds. The van der Waals surface area contributed by atoms with Gasteiger partial charge in [-0.05, 0) is 104 Å². The molecule has 160 valence electrons. The van der Waals surface area contributed by atoms with Gasteiger partial charge in [0.1, 0.15) is 0 Å². The number of carbonyl (C=O) groups is 1. The summed E-state index contributed by atoms with van der Waals surface area (Å²) in [5, 5.41) is 3.08. The van der Waals surface area contributed by atoms with Crippen molar-refractivity contribution in [3.05, 3.63) is 83.4 Å². The monoisotopic (exact) mass is 430 g/mol. The first kappa shape index (κ1) is 21.7. The molecular weight excluding hydrogens is 400 g/mol. The van der Waals surface area contributed by atoms with Gasteiger partial charge in [-0.1, -0.05) is 30.3 Å². The second kappa shape index (κ2) is 9.71. The Morgan fingerprint density at radius 1 is 0.968 bits per heavy atom. The third-order valence-electron chi connectivity index (χ3n) is 5.99. The summed E-state index contributed by atoms with van der Waals surface area (Å²) in [6, 6.07) is 22.7. The largest absolute Gasteiger partial charge is 0.322 e. The van der Waals surface area contributed by atoms with Gasteiger partial charge >= 0.3 is 0 Å². The molecule has 1 aliphatic rings. The third kappa shape index (κ3) is 5.38. The molecule has 3 nitrogen and oxygen atoms in total. The molecule has 0 saturated carbocycles. The number of rotatable bonds is 6. The fraction of sp³-hybridized carbons (Fsp3) is 0.296. The molecule has 0 radical (unpaired) electrons. The van der Waals surface area contributed by atoms with Gasteiger partial charge in [-0.2, -0.15) is 0 Å². The van der Waals surface area contributed by atoms with Crippen LogP contribution in [-0.4, -0.2) is 37.7 Å². The Labute approximate surface area is 189 Å². The maximum Gasteiger partial charge on any atom is 0.255 e. The minimum atomic E-state index is -0.0643. The number of amides is 1. The van der Waals surface area contributed by atoms with Crippen LogP contribution in [0.1, 0.15) is 27.9 Å². The van der Waals surface area contributed by atoms with E-state index in [1.54, 1.807) is 11.8 Å². The highest BCUT2D eigenvalue weighted by atomic mass is 32.2. The summed E-state index contributed by atoms with van der Waals surface area (Å²) in [5.74, 6) is 0.656. The van der Waals surface area contributed by atoms with Crippen molar-refractivity contribution >= 4 is 23.4 Å². The Kier molecular flexibility index (Phi) is 6.79. The van der Waals surface area contributed by atoms with Gasteiger partial charge in [0.15, 0.2) is 0 Å². The quantitative estimate of drug-likeness (QED) is 0.487. The zero-order valence-electron chi connectivity index (χ0n) is 18.5. The zero-order valence-corrected chi connectivity index (χ0v) is 19.3. The minimum absolute atomic E-state index is 0.0643. The summed E-state index contributed by atoms with van der Waals surface area (Å²) in [6.07, 6.45) is 5.50. The maximum absolute atomic E-state index is 12.8. The second-order valence-electron chi connectivity index (χ2n) is 8.61. The molecule has 0 aliphatic heterocycles. The first-order chi connectivity index (χ1) is 15.0. The van der Waals surface area contributed by atoms with Crippen molar-refractivity contribution in [2.75, 3.05) is 32.2 Å². The number of fused-ring (bicyclic) bond motifs is 1. The average Bonchev–Trinajstić information content (AvgIpc) is 2.79. The normalized spacial score (nSPS) is 15.5. The molecule has 1 N–H and O–H groups in total. The molecule has 0 saturated heterocycles. The average molecular weight is 431 g/mol. The van der Waals surface area contributed by atoms with Gasteiger partial charge < -0.3 is 10.2 Å². The fourth-order valence-electron chi connectivity index (χ4n) is 4.38. The van der Waals surface area contributed by atoms with Gasteiger partial charge in [0.05, 0.1) is 0 Å². The van der Waals surface area contributed by atoms with Crippen LogP contribution < -0.4 is 5.32 Å².